The number of ketones is 1. The number of carbonyl (C=O) groups excluding carboxylic acids is 1. The highest BCUT2D eigenvalue weighted by atomic mass is 79.9. The molecule has 0 spiro atoms. The van der Waals surface area contributed by atoms with Gasteiger partial charge < -0.3 is 4.74 Å². The number of halogens is 2. The molecule has 0 aromatic heterocycles. The van der Waals surface area contributed by atoms with Gasteiger partial charge in [0.25, 0.3) is 0 Å². The predicted molar refractivity (Wildman–Crippen MR) is 70.8 cm³/mol. The number of nitrogens with zero attached hydrogens (tertiary/aromatic N) is 1. The van der Waals surface area contributed by atoms with Gasteiger partial charge in [-0.05, 0) is 22.4 Å². The molecule has 0 unspecified atom stereocenters. The van der Waals surface area contributed by atoms with E-state index in [4.69, 9.17) is 4.74 Å². The molecular formula is C12H13BrFNO4. The summed E-state index contributed by atoms with van der Waals surface area (Å²) in [6.07, 6.45) is 1.25. The second kappa shape index (κ2) is 7.18. The lowest BCUT2D eigenvalue weighted by Gasteiger charge is -2.07. The van der Waals surface area contributed by atoms with Crippen LogP contribution >= 0.6 is 15.9 Å². The molecule has 104 valence electrons. The van der Waals surface area contributed by atoms with Gasteiger partial charge in [0.15, 0.2) is 5.75 Å². The van der Waals surface area contributed by atoms with Gasteiger partial charge in [0.05, 0.1) is 16.0 Å². The number of hydrogen-bond donors (Lipinski definition) is 0. The number of carbonyl (C=O) groups is 1. The summed E-state index contributed by atoms with van der Waals surface area (Å²) < 4.78 is 18.5. The molecule has 0 aliphatic carbocycles. The molecule has 1 aromatic rings. The number of ether oxygens (including phenoxy) is 1. The van der Waals surface area contributed by atoms with E-state index < -0.39 is 10.7 Å². The maximum absolute atomic E-state index is 13.3. The van der Waals surface area contributed by atoms with E-state index >= 15 is 0 Å². The zero-order chi connectivity index (χ0) is 14.4. The SMILES string of the molecule is CCC(=O)CCCOc1cc(F)c(Br)cc1[N+](=O)[O-]. The number of nitro benzene ring substituents is 1. The highest BCUT2D eigenvalue weighted by Gasteiger charge is 2.18. The lowest BCUT2D eigenvalue weighted by Crippen LogP contribution is -2.04. The van der Waals surface area contributed by atoms with Crippen molar-refractivity contribution in [3.05, 3.63) is 32.5 Å². The van der Waals surface area contributed by atoms with Gasteiger partial charge >= 0.3 is 5.69 Å². The van der Waals surface area contributed by atoms with E-state index in [-0.39, 0.29) is 28.3 Å². The summed E-state index contributed by atoms with van der Waals surface area (Å²) in [5.74, 6) is -0.667. The molecule has 5 nitrogen and oxygen atoms in total. The fourth-order valence-corrected chi connectivity index (χ4v) is 1.74. The Hall–Kier alpha value is -1.50. The summed E-state index contributed by atoms with van der Waals surface area (Å²) >= 11 is 2.88. The van der Waals surface area contributed by atoms with E-state index in [9.17, 15) is 19.3 Å². The zero-order valence-corrected chi connectivity index (χ0v) is 11.9. The summed E-state index contributed by atoms with van der Waals surface area (Å²) in [4.78, 5) is 21.2. The number of nitro groups is 1. The van der Waals surface area contributed by atoms with Crippen LogP contribution in [0.25, 0.3) is 0 Å². The summed E-state index contributed by atoms with van der Waals surface area (Å²) in [6, 6.07) is 2.02. The molecule has 0 bridgehead atoms. The van der Waals surface area contributed by atoms with Crippen LogP contribution in [0.2, 0.25) is 0 Å². The average molecular weight is 334 g/mol. The molecule has 0 aliphatic heterocycles. The molecule has 0 amide bonds. The van der Waals surface area contributed by atoms with Gasteiger partial charge in [0.2, 0.25) is 0 Å². The fraction of sp³-hybridized carbons (Fsp3) is 0.417. The molecule has 7 heteroatoms. The van der Waals surface area contributed by atoms with Gasteiger partial charge in [-0.3, -0.25) is 14.9 Å². The number of hydrogen-bond acceptors (Lipinski definition) is 4. The Bertz CT molecular complexity index is 493. The Labute approximate surface area is 118 Å². The van der Waals surface area contributed by atoms with Gasteiger partial charge in [-0.25, -0.2) is 4.39 Å². The molecule has 0 N–H and O–H groups in total. The summed E-state index contributed by atoms with van der Waals surface area (Å²) in [6.45, 7) is 1.89. The predicted octanol–water partition coefficient (Wildman–Crippen LogP) is 3.63. The van der Waals surface area contributed by atoms with Gasteiger partial charge in [-0.15, -0.1) is 0 Å². The minimum Gasteiger partial charge on any atom is -0.487 e. The minimum absolute atomic E-state index is 0.00714. The van der Waals surface area contributed by atoms with Crippen molar-refractivity contribution < 1.29 is 18.8 Å². The fourth-order valence-electron chi connectivity index (χ4n) is 1.40. The zero-order valence-electron chi connectivity index (χ0n) is 10.3. The molecular weight excluding hydrogens is 321 g/mol. The molecule has 0 fully saturated rings. The van der Waals surface area contributed by atoms with Crippen LogP contribution in [-0.4, -0.2) is 17.3 Å². The van der Waals surface area contributed by atoms with Crippen molar-refractivity contribution in [2.45, 2.75) is 26.2 Å². The van der Waals surface area contributed by atoms with Crippen LogP contribution in [0.4, 0.5) is 10.1 Å². The van der Waals surface area contributed by atoms with Crippen molar-refractivity contribution >= 4 is 27.4 Å². The van der Waals surface area contributed by atoms with Crippen molar-refractivity contribution in [1.82, 2.24) is 0 Å². The largest absolute Gasteiger partial charge is 0.487 e. The van der Waals surface area contributed by atoms with Gasteiger partial charge in [-0.2, -0.15) is 0 Å². The van der Waals surface area contributed by atoms with E-state index in [2.05, 4.69) is 15.9 Å². The minimum atomic E-state index is -0.642. The monoisotopic (exact) mass is 333 g/mol. The number of Topliss-reactive ketones (excluding diaryl/α,β-unsaturated/α-hetero) is 1. The Morgan fingerprint density at radius 1 is 1.53 bits per heavy atom. The molecule has 0 heterocycles. The van der Waals surface area contributed by atoms with Crippen LogP contribution in [0.3, 0.4) is 0 Å². The molecule has 0 radical (unpaired) electrons. The average Bonchev–Trinajstić information content (AvgIpc) is 2.37. The highest BCUT2D eigenvalue weighted by molar-refractivity contribution is 9.10. The molecule has 1 rings (SSSR count). The van der Waals surface area contributed by atoms with Gasteiger partial charge in [0.1, 0.15) is 11.6 Å². The van der Waals surface area contributed by atoms with Crippen LogP contribution < -0.4 is 4.74 Å². The number of benzene rings is 1. The van der Waals surface area contributed by atoms with Crippen molar-refractivity contribution in [1.29, 1.82) is 0 Å². The van der Waals surface area contributed by atoms with Crippen molar-refractivity contribution in [2.75, 3.05) is 6.61 Å². The molecule has 0 saturated carbocycles. The van der Waals surface area contributed by atoms with Crippen molar-refractivity contribution in [3.8, 4) is 5.75 Å². The molecule has 1 aromatic carbocycles. The van der Waals surface area contributed by atoms with E-state index in [0.717, 1.165) is 12.1 Å². The van der Waals surface area contributed by atoms with Crippen LogP contribution in [0.1, 0.15) is 26.2 Å². The Morgan fingerprint density at radius 2 is 2.21 bits per heavy atom. The van der Waals surface area contributed by atoms with E-state index in [1.807, 2.05) is 0 Å². The third-order valence-electron chi connectivity index (χ3n) is 2.45. The lowest BCUT2D eigenvalue weighted by atomic mass is 10.2. The van der Waals surface area contributed by atoms with Crippen LogP contribution in [0.5, 0.6) is 5.75 Å². The Morgan fingerprint density at radius 3 is 2.79 bits per heavy atom. The number of rotatable bonds is 7. The summed E-state index contributed by atoms with van der Waals surface area (Å²) in [5.41, 5.74) is -0.310. The Balaban J connectivity index is 2.69. The van der Waals surface area contributed by atoms with Crippen LogP contribution in [-0.2, 0) is 4.79 Å². The standard InChI is InChI=1S/C12H13BrFNO4/c1-2-8(16)4-3-5-19-12-7-10(14)9(13)6-11(12)15(17)18/h6-7H,2-5H2,1H3. The first-order valence-electron chi connectivity index (χ1n) is 5.73. The molecule has 0 saturated heterocycles. The van der Waals surface area contributed by atoms with Crippen molar-refractivity contribution in [3.63, 3.8) is 0 Å². The second-order valence-electron chi connectivity index (χ2n) is 3.84. The smallest absolute Gasteiger partial charge is 0.312 e. The summed E-state index contributed by atoms with van der Waals surface area (Å²) in [7, 11) is 0. The maximum atomic E-state index is 13.3. The topological polar surface area (TPSA) is 69.4 Å². The van der Waals surface area contributed by atoms with Gasteiger partial charge in [-0.1, -0.05) is 6.92 Å². The Kier molecular flexibility index (Phi) is 5.88. The quantitative estimate of drug-likeness (QED) is 0.434. The third-order valence-corrected chi connectivity index (χ3v) is 3.06. The second-order valence-corrected chi connectivity index (χ2v) is 4.69. The first-order valence-corrected chi connectivity index (χ1v) is 6.53. The van der Waals surface area contributed by atoms with E-state index in [0.29, 0.717) is 19.3 Å². The summed E-state index contributed by atoms with van der Waals surface area (Å²) in [5, 5.41) is 10.8. The van der Waals surface area contributed by atoms with E-state index in [1.165, 1.54) is 0 Å². The van der Waals surface area contributed by atoms with Gasteiger partial charge in [0, 0.05) is 25.0 Å². The normalized spacial score (nSPS) is 10.3. The van der Waals surface area contributed by atoms with Crippen LogP contribution in [0, 0.1) is 15.9 Å². The first kappa shape index (κ1) is 15.6. The first-order chi connectivity index (χ1) is 8.95. The molecule has 0 aliphatic rings. The molecule has 19 heavy (non-hydrogen) atoms. The maximum Gasteiger partial charge on any atom is 0.312 e. The lowest BCUT2D eigenvalue weighted by molar-refractivity contribution is -0.386. The van der Waals surface area contributed by atoms with Crippen molar-refractivity contribution in [2.24, 2.45) is 0 Å². The molecule has 0 atom stereocenters. The third kappa shape index (κ3) is 4.59. The highest BCUT2D eigenvalue weighted by Crippen LogP contribution is 2.32. The van der Waals surface area contributed by atoms with E-state index in [1.54, 1.807) is 6.92 Å². The van der Waals surface area contributed by atoms with Crippen LogP contribution in [0.15, 0.2) is 16.6 Å².